The molecular weight excluding hydrogens is 669 g/mol. The summed E-state index contributed by atoms with van der Waals surface area (Å²) in [5.74, 6) is 0. The molecule has 7 rings (SSSR count). The van der Waals surface area contributed by atoms with Crippen LogP contribution in [0.25, 0.3) is 44.2 Å². The number of rotatable bonds is 8. The molecule has 5 aromatic carbocycles. The number of fused-ring (bicyclic) bond motifs is 2. The lowest BCUT2D eigenvalue weighted by Gasteiger charge is -2.26. The maximum Gasteiger partial charge on any atom is 0.344 e. The highest BCUT2D eigenvalue weighted by Crippen LogP contribution is 2.39. The van der Waals surface area contributed by atoms with Gasteiger partial charge in [0.25, 0.3) is 0 Å². The van der Waals surface area contributed by atoms with E-state index in [1.807, 2.05) is 97.1 Å². The van der Waals surface area contributed by atoms with Crippen LogP contribution in [0.15, 0.2) is 140 Å². The fourth-order valence-corrected chi connectivity index (χ4v) is 7.16. The van der Waals surface area contributed by atoms with E-state index in [1.165, 1.54) is 0 Å². The zero-order valence-electron chi connectivity index (χ0n) is 32.5. The van der Waals surface area contributed by atoms with Crippen LogP contribution in [0.4, 0.5) is 22.7 Å². The van der Waals surface area contributed by atoms with Crippen LogP contribution < -0.4 is 21.1 Å². The third-order valence-corrected chi connectivity index (χ3v) is 10.3. The topological polar surface area (TPSA) is 66.9 Å². The van der Waals surface area contributed by atoms with E-state index in [2.05, 4.69) is 89.5 Å². The summed E-state index contributed by atoms with van der Waals surface area (Å²) in [4.78, 5) is 31.2. The Labute approximate surface area is 317 Å². The molecular formula is C48H48N2O4. The van der Waals surface area contributed by atoms with Crippen molar-refractivity contribution in [1.29, 1.82) is 0 Å². The molecule has 6 nitrogen and oxygen atoms in total. The van der Waals surface area contributed by atoms with Crippen molar-refractivity contribution in [3.8, 4) is 22.3 Å². The van der Waals surface area contributed by atoms with Gasteiger partial charge in [0.2, 0.25) is 0 Å². The normalized spacial score (nSPS) is 12.0. The maximum absolute atomic E-state index is 13.5. The molecule has 6 heteroatoms. The molecule has 0 saturated heterocycles. The second-order valence-corrected chi connectivity index (χ2v) is 16.0. The lowest BCUT2D eigenvalue weighted by Crippen LogP contribution is -2.21. The lowest BCUT2D eigenvalue weighted by molar-refractivity contribution is 0.546. The molecule has 0 fully saturated rings. The zero-order chi connectivity index (χ0) is 38.4. The van der Waals surface area contributed by atoms with Gasteiger partial charge in [-0.25, -0.2) is 9.59 Å². The Morgan fingerprint density at radius 3 is 1.57 bits per heavy atom. The number of hydrogen-bond acceptors (Lipinski definition) is 6. The van der Waals surface area contributed by atoms with E-state index in [-0.39, 0.29) is 22.1 Å². The molecule has 0 aliphatic rings. The minimum atomic E-state index is -0.370. The summed E-state index contributed by atoms with van der Waals surface area (Å²) in [5, 5.41) is 1.82. The number of anilines is 4. The highest BCUT2D eigenvalue weighted by molar-refractivity contribution is 5.88. The van der Waals surface area contributed by atoms with Crippen LogP contribution in [0.3, 0.4) is 0 Å². The molecule has 0 amide bonds. The predicted molar refractivity (Wildman–Crippen MR) is 225 cm³/mol. The van der Waals surface area contributed by atoms with Gasteiger partial charge in [0.05, 0.1) is 11.1 Å². The van der Waals surface area contributed by atoms with Gasteiger partial charge in [0.1, 0.15) is 11.2 Å². The molecule has 0 saturated carbocycles. The molecule has 0 aliphatic heterocycles. The summed E-state index contributed by atoms with van der Waals surface area (Å²) in [5.41, 5.74) is 8.94. The molecule has 0 spiro atoms. The van der Waals surface area contributed by atoms with Crippen LogP contribution in [-0.4, -0.2) is 13.1 Å². The second kappa shape index (κ2) is 14.2. The number of nitrogens with zero attached hydrogens (tertiary/aromatic N) is 2. The first kappa shape index (κ1) is 36.5. The largest absolute Gasteiger partial charge is 0.422 e. The third-order valence-electron chi connectivity index (χ3n) is 10.3. The molecule has 0 N–H and O–H groups in total. The summed E-state index contributed by atoms with van der Waals surface area (Å²) in [6, 6.07) is 40.3. The highest BCUT2D eigenvalue weighted by Gasteiger charge is 2.24. The van der Waals surface area contributed by atoms with Gasteiger partial charge in [-0.2, -0.15) is 0 Å². The van der Waals surface area contributed by atoms with Gasteiger partial charge in [0, 0.05) is 52.7 Å². The van der Waals surface area contributed by atoms with E-state index in [0.717, 1.165) is 68.9 Å². The highest BCUT2D eigenvalue weighted by atomic mass is 16.4. The SMILES string of the molecule is CCN(CC)c1ccc2cc(-c3ccc(N(c4ccccc4)c4ccc(-c5cc6c(C(C)(C)C)cc(C(C)(C)C)cc6oc5=O)cc4)cc3)c(=O)oc2c1. The first-order chi connectivity index (χ1) is 25.7. The van der Waals surface area contributed by atoms with Gasteiger partial charge in [-0.15, -0.1) is 0 Å². The molecule has 0 unspecified atom stereocenters. The average Bonchev–Trinajstić information content (AvgIpc) is 3.15. The molecule has 0 radical (unpaired) electrons. The van der Waals surface area contributed by atoms with Crippen LogP contribution in [-0.2, 0) is 10.8 Å². The van der Waals surface area contributed by atoms with E-state index in [9.17, 15) is 9.59 Å². The zero-order valence-corrected chi connectivity index (χ0v) is 32.5. The second-order valence-electron chi connectivity index (χ2n) is 16.0. The van der Waals surface area contributed by atoms with Gasteiger partial charge in [-0.05, 0) is 114 Å². The Kier molecular flexibility index (Phi) is 9.57. The van der Waals surface area contributed by atoms with Crippen LogP contribution in [0, 0.1) is 0 Å². The predicted octanol–water partition coefficient (Wildman–Crippen LogP) is 12.1. The Bertz CT molecular complexity index is 2570. The number of para-hydroxylation sites is 1. The van der Waals surface area contributed by atoms with Crippen LogP contribution >= 0.6 is 0 Å². The van der Waals surface area contributed by atoms with E-state index < -0.39 is 0 Å². The first-order valence-corrected chi connectivity index (χ1v) is 18.8. The van der Waals surface area contributed by atoms with Crippen LogP contribution in [0.2, 0.25) is 0 Å². The van der Waals surface area contributed by atoms with Crippen molar-refractivity contribution < 1.29 is 8.83 Å². The quantitative estimate of drug-likeness (QED) is 0.146. The smallest absolute Gasteiger partial charge is 0.344 e. The Morgan fingerprint density at radius 1 is 0.519 bits per heavy atom. The fraction of sp³-hybridized carbons (Fsp3) is 0.250. The molecule has 0 aliphatic carbocycles. The van der Waals surface area contributed by atoms with E-state index in [1.54, 1.807) is 0 Å². The standard InChI is InChI=1S/C48H48N2O4/c1-9-49(10-2)38-25-20-33-26-39(45(51)53-43(33)29-38)31-16-21-36(22-17-31)50(35-14-12-11-13-15-35)37-23-18-32(19-24-37)40-30-41-42(48(6,7)8)27-34(47(3,4)5)28-44(41)54-46(40)52/h11-30H,9-10H2,1-8H3. The van der Waals surface area contributed by atoms with E-state index in [0.29, 0.717) is 22.3 Å². The van der Waals surface area contributed by atoms with Gasteiger partial charge in [-0.3, -0.25) is 0 Å². The molecule has 7 aromatic rings. The van der Waals surface area contributed by atoms with Gasteiger partial charge < -0.3 is 18.6 Å². The van der Waals surface area contributed by atoms with Crippen molar-refractivity contribution in [2.45, 2.75) is 66.2 Å². The molecule has 2 aromatic heterocycles. The van der Waals surface area contributed by atoms with E-state index >= 15 is 0 Å². The molecule has 54 heavy (non-hydrogen) atoms. The summed E-state index contributed by atoms with van der Waals surface area (Å²) in [7, 11) is 0. The van der Waals surface area contributed by atoms with Gasteiger partial charge in [0.15, 0.2) is 0 Å². The monoisotopic (exact) mass is 716 g/mol. The molecule has 274 valence electrons. The minimum Gasteiger partial charge on any atom is -0.422 e. The van der Waals surface area contributed by atoms with E-state index in [4.69, 9.17) is 8.83 Å². The Morgan fingerprint density at radius 2 is 1.04 bits per heavy atom. The fourth-order valence-electron chi connectivity index (χ4n) is 7.16. The third kappa shape index (κ3) is 7.08. The van der Waals surface area contributed by atoms with Crippen molar-refractivity contribution in [1.82, 2.24) is 0 Å². The molecule has 0 bridgehead atoms. The van der Waals surface area contributed by atoms with Gasteiger partial charge >= 0.3 is 11.3 Å². The number of benzene rings is 5. The Balaban J connectivity index is 1.24. The maximum atomic E-state index is 13.5. The summed E-state index contributed by atoms with van der Waals surface area (Å²) in [6.07, 6.45) is 0. The summed E-state index contributed by atoms with van der Waals surface area (Å²) >= 11 is 0. The minimum absolute atomic E-state index is 0.0899. The van der Waals surface area contributed by atoms with Crippen molar-refractivity contribution >= 4 is 44.7 Å². The summed E-state index contributed by atoms with van der Waals surface area (Å²) in [6.45, 7) is 19.1. The van der Waals surface area contributed by atoms with Crippen LogP contribution in [0.1, 0.15) is 66.5 Å². The Hall–Kier alpha value is -5.88. The van der Waals surface area contributed by atoms with Crippen molar-refractivity contribution in [2.24, 2.45) is 0 Å². The number of hydrogen-bond donors (Lipinski definition) is 0. The summed E-state index contributed by atoms with van der Waals surface area (Å²) < 4.78 is 11.9. The molecule has 0 atom stereocenters. The average molecular weight is 717 g/mol. The molecule has 2 heterocycles. The van der Waals surface area contributed by atoms with Crippen LogP contribution in [0.5, 0.6) is 0 Å². The van der Waals surface area contributed by atoms with Crippen molar-refractivity contribution in [3.63, 3.8) is 0 Å². The van der Waals surface area contributed by atoms with Crippen molar-refractivity contribution in [3.05, 3.63) is 153 Å². The first-order valence-electron chi connectivity index (χ1n) is 18.8. The van der Waals surface area contributed by atoms with Gasteiger partial charge in [-0.1, -0.05) is 90.1 Å². The lowest BCUT2D eigenvalue weighted by atomic mass is 9.79. The van der Waals surface area contributed by atoms with Crippen molar-refractivity contribution in [2.75, 3.05) is 22.9 Å².